The first kappa shape index (κ1) is 21.1. The van der Waals surface area contributed by atoms with Crippen molar-refractivity contribution in [3.05, 3.63) is 23.8 Å². The SMILES string of the molecule is CC(=O)NC[C@H]1CN(c2cc(F)c(N3CCC4(CC3)CS(O)(O)C4)c(F)c2)C(=O)O1. The molecule has 4 rings (SSSR count). The lowest BCUT2D eigenvalue weighted by molar-refractivity contribution is -0.119. The molecule has 0 saturated carbocycles. The number of ether oxygens (including phenoxy) is 1. The van der Waals surface area contributed by atoms with Crippen molar-refractivity contribution in [1.29, 1.82) is 0 Å². The second-order valence-electron chi connectivity index (χ2n) is 8.39. The Morgan fingerprint density at radius 2 is 1.87 bits per heavy atom. The third-order valence-corrected chi connectivity index (χ3v) is 8.13. The van der Waals surface area contributed by atoms with E-state index in [0.29, 0.717) is 37.4 Å². The van der Waals surface area contributed by atoms with Crippen molar-refractivity contribution in [3.63, 3.8) is 0 Å². The number of rotatable bonds is 4. The zero-order chi connectivity index (χ0) is 21.7. The Morgan fingerprint density at radius 3 is 2.40 bits per heavy atom. The molecule has 3 aliphatic heterocycles. The molecule has 1 aromatic rings. The third kappa shape index (κ3) is 4.06. The van der Waals surface area contributed by atoms with Crippen LogP contribution in [0.1, 0.15) is 19.8 Å². The lowest BCUT2D eigenvalue weighted by Crippen LogP contribution is -2.52. The Bertz CT molecular complexity index is 843. The van der Waals surface area contributed by atoms with Crippen LogP contribution >= 0.6 is 10.6 Å². The van der Waals surface area contributed by atoms with Crippen molar-refractivity contribution in [3.8, 4) is 0 Å². The van der Waals surface area contributed by atoms with Gasteiger partial charge in [0.25, 0.3) is 0 Å². The van der Waals surface area contributed by atoms with E-state index in [0.717, 1.165) is 17.0 Å². The van der Waals surface area contributed by atoms with Crippen molar-refractivity contribution in [2.45, 2.75) is 25.9 Å². The van der Waals surface area contributed by atoms with Gasteiger partial charge in [0, 0.05) is 49.1 Å². The molecule has 0 radical (unpaired) electrons. The van der Waals surface area contributed by atoms with Gasteiger partial charge in [-0.2, -0.15) is 10.6 Å². The Balaban J connectivity index is 1.44. The van der Waals surface area contributed by atoms with E-state index in [1.807, 2.05) is 0 Å². The predicted molar refractivity (Wildman–Crippen MR) is 109 cm³/mol. The second kappa shape index (κ2) is 7.54. The number of hydrogen-bond acceptors (Lipinski definition) is 6. The van der Waals surface area contributed by atoms with Crippen LogP contribution in [0.3, 0.4) is 0 Å². The van der Waals surface area contributed by atoms with Crippen molar-refractivity contribution < 1.29 is 32.2 Å². The topological polar surface area (TPSA) is 102 Å². The van der Waals surface area contributed by atoms with Crippen molar-refractivity contribution in [2.75, 3.05) is 47.5 Å². The minimum atomic E-state index is -2.46. The van der Waals surface area contributed by atoms with Crippen LogP contribution in [0, 0.1) is 17.0 Å². The first-order chi connectivity index (χ1) is 14.1. The number of hydrogen-bond donors (Lipinski definition) is 3. The molecule has 11 heteroatoms. The molecule has 0 aromatic heterocycles. The molecule has 166 valence electrons. The fourth-order valence-electron chi connectivity index (χ4n) is 4.54. The molecule has 3 heterocycles. The van der Waals surface area contributed by atoms with E-state index in [2.05, 4.69) is 5.32 Å². The fraction of sp³-hybridized carbons (Fsp3) is 0.579. The second-order valence-corrected chi connectivity index (χ2v) is 10.6. The van der Waals surface area contributed by atoms with Gasteiger partial charge in [-0.25, -0.2) is 13.6 Å². The number of carbonyl (C=O) groups excluding carboxylic acids is 2. The zero-order valence-electron chi connectivity index (χ0n) is 16.6. The predicted octanol–water partition coefficient (Wildman–Crippen LogP) is 2.78. The highest BCUT2D eigenvalue weighted by atomic mass is 32.3. The standard InChI is InChI=1S/C19H25F2N3O5S/c1-12(25)22-8-14-9-24(18(26)29-14)13-6-15(20)17(16(21)7-13)23-4-2-19(3-5-23)10-30(27,28)11-19/h6-7,14,27-28H,2-5,8-11H2,1H3,(H,22,25)/t14-/m0/s1. The molecule has 30 heavy (non-hydrogen) atoms. The molecule has 0 aliphatic carbocycles. The van der Waals surface area contributed by atoms with E-state index in [1.165, 1.54) is 6.92 Å². The number of halogens is 2. The molecule has 3 aliphatic rings. The van der Waals surface area contributed by atoms with Crippen LogP contribution in [0.25, 0.3) is 0 Å². The van der Waals surface area contributed by atoms with Gasteiger partial charge in [-0.15, -0.1) is 0 Å². The molecule has 1 atom stereocenters. The van der Waals surface area contributed by atoms with E-state index in [1.54, 1.807) is 4.90 Å². The summed E-state index contributed by atoms with van der Waals surface area (Å²) in [5.74, 6) is -1.06. The average Bonchev–Trinajstić information content (AvgIpc) is 3.00. The lowest BCUT2D eigenvalue weighted by atomic mass is 9.81. The van der Waals surface area contributed by atoms with E-state index in [-0.39, 0.29) is 35.8 Å². The molecule has 2 amide bonds. The first-order valence-corrected chi connectivity index (χ1v) is 11.7. The summed E-state index contributed by atoms with van der Waals surface area (Å²) in [5, 5.41) is 2.55. The normalized spacial score (nSPS) is 25.6. The molecule has 3 saturated heterocycles. The third-order valence-electron chi connectivity index (χ3n) is 5.98. The van der Waals surface area contributed by atoms with Crippen molar-refractivity contribution in [2.24, 2.45) is 5.41 Å². The van der Waals surface area contributed by atoms with Gasteiger partial charge < -0.3 is 15.0 Å². The molecular formula is C19H25F2N3O5S. The first-order valence-electron chi connectivity index (χ1n) is 9.78. The van der Waals surface area contributed by atoms with Gasteiger partial charge in [-0.3, -0.25) is 18.8 Å². The summed E-state index contributed by atoms with van der Waals surface area (Å²) in [6, 6.07) is 2.23. The van der Waals surface area contributed by atoms with Crippen LogP contribution in [0.2, 0.25) is 0 Å². The summed E-state index contributed by atoms with van der Waals surface area (Å²) < 4.78 is 54.2. The summed E-state index contributed by atoms with van der Waals surface area (Å²) in [6.07, 6.45) is -0.0272. The van der Waals surface area contributed by atoms with Gasteiger partial charge in [0.15, 0.2) is 11.6 Å². The quantitative estimate of drug-likeness (QED) is 0.659. The summed E-state index contributed by atoms with van der Waals surface area (Å²) in [4.78, 5) is 25.9. The largest absolute Gasteiger partial charge is 0.442 e. The molecule has 3 fully saturated rings. The maximum Gasteiger partial charge on any atom is 0.414 e. The Morgan fingerprint density at radius 1 is 1.27 bits per heavy atom. The van der Waals surface area contributed by atoms with E-state index < -0.39 is 34.4 Å². The van der Waals surface area contributed by atoms with E-state index in [9.17, 15) is 27.5 Å². The Kier molecular flexibility index (Phi) is 5.31. The Labute approximate surface area is 174 Å². The molecule has 3 N–H and O–H groups in total. The fourth-order valence-corrected chi connectivity index (χ4v) is 6.99. The van der Waals surface area contributed by atoms with Gasteiger partial charge in [0.2, 0.25) is 5.91 Å². The highest BCUT2D eigenvalue weighted by Gasteiger charge is 2.49. The summed E-state index contributed by atoms with van der Waals surface area (Å²) in [6.45, 7) is 2.40. The highest BCUT2D eigenvalue weighted by molar-refractivity contribution is 8.25. The Hall–Kier alpha value is -2.11. The number of nitrogens with zero attached hydrogens (tertiary/aromatic N) is 2. The van der Waals surface area contributed by atoms with Gasteiger partial charge in [-0.05, 0) is 12.8 Å². The highest BCUT2D eigenvalue weighted by Crippen LogP contribution is 2.62. The lowest BCUT2D eigenvalue weighted by Gasteiger charge is -2.58. The molecule has 8 nitrogen and oxygen atoms in total. The average molecular weight is 445 g/mol. The number of nitrogens with one attached hydrogen (secondary N) is 1. The maximum atomic E-state index is 14.8. The van der Waals surface area contributed by atoms with Crippen LogP contribution in [-0.2, 0) is 9.53 Å². The van der Waals surface area contributed by atoms with Crippen molar-refractivity contribution >= 4 is 34.0 Å². The minimum Gasteiger partial charge on any atom is -0.442 e. The molecular weight excluding hydrogens is 420 g/mol. The van der Waals surface area contributed by atoms with Crippen LogP contribution < -0.4 is 15.1 Å². The molecule has 1 aromatic carbocycles. The summed E-state index contributed by atoms with van der Waals surface area (Å²) in [7, 11) is -2.46. The molecule has 0 unspecified atom stereocenters. The maximum absolute atomic E-state index is 14.8. The summed E-state index contributed by atoms with van der Waals surface area (Å²) in [5.41, 5.74) is -0.211. The van der Waals surface area contributed by atoms with Gasteiger partial charge in [0.1, 0.15) is 11.8 Å². The van der Waals surface area contributed by atoms with Crippen molar-refractivity contribution in [1.82, 2.24) is 5.32 Å². The number of anilines is 2. The number of amides is 2. The van der Waals surface area contributed by atoms with Crippen LogP contribution in [-0.4, -0.2) is 64.9 Å². The van der Waals surface area contributed by atoms with E-state index in [4.69, 9.17) is 4.74 Å². The number of cyclic esters (lactones) is 1. The smallest absolute Gasteiger partial charge is 0.414 e. The zero-order valence-corrected chi connectivity index (χ0v) is 17.4. The van der Waals surface area contributed by atoms with Gasteiger partial charge in [0.05, 0.1) is 18.8 Å². The molecule has 1 spiro atoms. The summed E-state index contributed by atoms with van der Waals surface area (Å²) >= 11 is 0. The number of benzene rings is 1. The van der Waals surface area contributed by atoms with Crippen LogP contribution in [0.5, 0.6) is 0 Å². The monoisotopic (exact) mass is 445 g/mol. The molecule has 0 bridgehead atoms. The van der Waals surface area contributed by atoms with Crippen LogP contribution in [0.15, 0.2) is 12.1 Å². The minimum absolute atomic E-state index is 0.0606. The van der Waals surface area contributed by atoms with Gasteiger partial charge in [-0.1, -0.05) is 0 Å². The van der Waals surface area contributed by atoms with Gasteiger partial charge >= 0.3 is 6.09 Å². The number of carbonyl (C=O) groups is 2. The number of piperidine rings is 1. The van der Waals surface area contributed by atoms with Crippen LogP contribution in [0.4, 0.5) is 25.0 Å². The van der Waals surface area contributed by atoms with E-state index >= 15 is 0 Å².